The Morgan fingerprint density at radius 2 is 2.00 bits per heavy atom. The van der Waals surface area contributed by atoms with E-state index in [1.807, 2.05) is 0 Å². The van der Waals surface area contributed by atoms with Crippen LogP contribution in [-0.2, 0) is 4.79 Å². The Kier molecular flexibility index (Phi) is 5.03. The third-order valence-electron chi connectivity index (χ3n) is 3.42. The molecule has 0 radical (unpaired) electrons. The van der Waals surface area contributed by atoms with E-state index in [9.17, 15) is 18.7 Å². The summed E-state index contributed by atoms with van der Waals surface area (Å²) in [7, 11) is 0. The van der Waals surface area contributed by atoms with Crippen molar-refractivity contribution in [3.8, 4) is 0 Å². The number of nitrogens with one attached hydrogen (secondary N) is 1. The van der Waals surface area contributed by atoms with E-state index in [0.717, 1.165) is 38.1 Å². The van der Waals surface area contributed by atoms with E-state index in [2.05, 4.69) is 10.2 Å². The molecule has 6 heteroatoms. The molecule has 0 bridgehead atoms. The largest absolute Gasteiger partial charge is 0.393 e. The number of benzene rings is 1. The zero-order valence-corrected chi connectivity index (χ0v) is 11.1. The molecule has 0 saturated carbocycles. The van der Waals surface area contributed by atoms with E-state index >= 15 is 0 Å². The summed E-state index contributed by atoms with van der Waals surface area (Å²) in [6.07, 6.45) is 1.51. The quantitative estimate of drug-likeness (QED) is 0.885. The van der Waals surface area contributed by atoms with E-state index in [-0.39, 0.29) is 24.1 Å². The predicted octanol–water partition coefficient (Wildman–Crippen LogP) is 1.75. The van der Waals surface area contributed by atoms with Crippen LogP contribution in [0.3, 0.4) is 0 Å². The Hall–Kier alpha value is -1.53. The van der Waals surface area contributed by atoms with Crippen LogP contribution in [0, 0.1) is 11.6 Å². The Labute approximate surface area is 116 Å². The van der Waals surface area contributed by atoms with Gasteiger partial charge in [0.05, 0.1) is 6.10 Å². The molecule has 0 unspecified atom stereocenters. The van der Waals surface area contributed by atoms with Gasteiger partial charge < -0.3 is 15.3 Å². The Morgan fingerprint density at radius 3 is 2.65 bits per heavy atom. The summed E-state index contributed by atoms with van der Waals surface area (Å²) in [6.45, 7) is 2.15. The van der Waals surface area contributed by atoms with E-state index in [1.165, 1.54) is 6.07 Å². The van der Waals surface area contributed by atoms with Gasteiger partial charge in [-0.05, 0) is 25.0 Å². The van der Waals surface area contributed by atoms with Gasteiger partial charge in [-0.15, -0.1) is 0 Å². The molecular formula is C14H18F2N2O2. The highest BCUT2D eigenvalue weighted by Gasteiger charge is 2.17. The summed E-state index contributed by atoms with van der Waals surface area (Å²) in [5, 5.41) is 11.9. The third kappa shape index (κ3) is 4.25. The SMILES string of the molecule is O=C(CCN1CCC(O)CC1)Nc1ccc(F)c(F)c1. The normalized spacial score (nSPS) is 17.1. The lowest BCUT2D eigenvalue weighted by atomic mass is 10.1. The molecule has 1 aromatic carbocycles. The smallest absolute Gasteiger partial charge is 0.225 e. The Morgan fingerprint density at radius 1 is 1.30 bits per heavy atom. The van der Waals surface area contributed by atoms with Gasteiger partial charge in [-0.1, -0.05) is 0 Å². The highest BCUT2D eigenvalue weighted by Crippen LogP contribution is 2.14. The van der Waals surface area contributed by atoms with Crippen molar-refractivity contribution >= 4 is 11.6 Å². The van der Waals surface area contributed by atoms with Crippen LogP contribution in [0.2, 0.25) is 0 Å². The van der Waals surface area contributed by atoms with Gasteiger partial charge in [0.15, 0.2) is 11.6 Å². The van der Waals surface area contributed by atoms with E-state index < -0.39 is 11.6 Å². The second-order valence-electron chi connectivity index (χ2n) is 5.00. The summed E-state index contributed by atoms with van der Waals surface area (Å²) >= 11 is 0. The van der Waals surface area contributed by atoms with Crippen molar-refractivity contribution in [2.45, 2.75) is 25.4 Å². The van der Waals surface area contributed by atoms with Gasteiger partial charge in [0.25, 0.3) is 0 Å². The molecule has 110 valence electrons. The molecule has 0 spiro atoms. The molecule has 1 saturated heterocycles. The molecule has 4 nitrogen and oxygen atoms in total. The molecule has 1 aromatic rings. The van der Waals surface area contributed by atoms with Gasteiger partial charge in [-0.3, -0.25) is 4.79 Å². The predicted molar refractivity (Wildman–Crippen MR) is 71.3 cm³/mol. The molecule has 1 aliphatic rings. The van der Waals surface area contributed by atoms with Crippen LogP contribution >= 0.6 is 0 Å². The van der Waals surface area contributed by atoms with Crippen molar-refractivity contribution in [2.24, 2.45) is 0 Å². The molecule has 1 aliphatic heterocycles. The summed E-state index contributed by atoms with van der Waals surface area (Å²) in [6, 6.07) is 3.27. The molecular weight excluding hydrogens is 266 g/mol. The first-order chi connectivity index (χ1) is 9.54. The van der Waals surface area contributed by atoms with Gasteiger partial charge in [-0.25, -0.2) is 8.78 Å². The van der Waals surface area contributed by atoms with Crippen LogP contribution in [0.1, 0.15) is 19.3 Å². The van der Waals surface area contributed by atoms with Gasteiger partial charge >= 0.3 is 0 Å². The number of rotatable bonds is 4. The standard InChI is InChI=1S/C14H18F2N2O2/c15-12-2-1-10(9-13(12)16)17-14(20)5-8-18-6-3-11(19)4-7-18/h1-2,9,11,19H,3-8H2,(H,17,20). The first-order valence-electron chi connectivity index (χ1n) is 6.70. The minimum absolute atomic E-state index is 0.234. The lowest BCUT2D eigenvalue weighted by Gasteiger charge is -2.29. The fraction of sp³-hybridized carbons (Fsp3) is 0.500. The van der Waals surface area contributed by atoms with Crippen molar-refractivity contribution < 1.29 is 18.7 Å². The number of aliphatic hydroxyl groups is 1. The number of anilines is 1. The van der Waals surface area contributed by atoms with Crippen LogP contribution < -0.4 is 5.32 Å². The molecule has 0 aliphatic carbocycles. The van der Waals surface area contributed by atoms with Gasteiger partial charge in [0, 0.05) is 37.8 Å². The fourth-order valence-electron chi connectivity index (χ4n) is 2.20. The van der Waals surface area contributed by atoms with Crippen LogP contribution in [0.5, 0.6) is 0 Å². The Bertz CT molecular complexity index is 474. The third-order valence-corrected chi connectivity index (χ3v) is 3.42. The topological polar surface area (TPSA) is 52.6 Å². The van der Waals surface area contributed by atoms with Crippen molar-refractivity contribution in [2.75, 3.05) is 25.0 Å². The maximum Gasteiger partial charge on any atom is 0.225 e. The zero-order valence-electron chi connectivity index (χ0n) is 11.1. The molecule has 0 aromatic heterocycles. The minimum atomic E-state index is -0.979. The number of halogens is 2. The van der Waals surface area contributed by atoms with Gasteiger partial charge in [0.2, 0.25) is 5.91 Å². The molecule has 2 N–H and O–H groups in total. The lowest BCUT2D eigenvalue weighted by Crippen LogP contribution is -2.37. The average Bonchev–Trinajstić information content (AvgIpc) is 2.42. The van der Waals surface area contributed by atoms with Crippen LogP contribution in [-0.4, -0.2) is 41.7 Å². The molecule has 0 atom stereocenters. The maximum atomic E-state index is 13.0. The average molecular weight is 284 g/mol. The first-order valence-corrected chi connectivity index (χ1v) is 6.70. The number of amides is 1. The molecule has 1 heterocycles. The summed E-state index contributed by atoms with van der Waals surface area (Å²) in [5.74, 6) is -2.15. The second-order valence-corrected chi connectivity index (χ2v) is 5.00. The van der Waals surface area contributed by atoms with Crippen molar-refractivity contribution in [3.05, 3.63) is 29.8 Å². The zero-order chi connectivity index (χ0) is 14.5. The van der Waals surface area contributed by atoms with Crippen LogP contribution in [0.15, 0.2) is 18.2 Å². The molecule has 2 rings (SSSR count). The monoisotopic (exact) mass is 284 g/mol. The molecule has 1 amide bonds. The van der Waals surface area contributed by atoms with Gasteiger partial charge in [-0.2, -0.15) is 0 Å². The number of carbonyl (C=O) groups is 1. The second kappa shape index (κ2) is 6.76. The van der Waals surface area contributed by atoms with Crippen LogP contribution in [0.4, 0.5) is 14.5 Å². The number of hydrogen-bond acceptors (Lipinski definition) is 3. The van der Waals surface area contributed by atoms with Crippen molar-refractivity contribution in [1.29, 1.82) is 0 Å². The van der Waals surface area contributed by atoms with Crippen LogP contribution in [0.25, 0.3) is 0 Å². The number of carbonyl (C=O) groups excluding carboxylic acids is 1. The number of nitrogens with zero attached hydrogens (tertiary/aromatic N) is 1. The minimum Gasteiger partial charge on any atom is -0.393 e. The number of hydrogen-bond donors (Lipinski definition) is 2. The number of piperidine rings is 1. The first kappa shape index (κ1) is 14.9. The van der Waals surface area contributed by atoms with E-state index in [0.29, 0.717) is 6.54 Å². The van der Waals surface area contributed by atoms with E-state index in [4.69, 9.17) is 0 Å². The fourth-order valence-corrected chi connectivity index (χ4v) is 2.20. The van der Waals surface area contributed by atoms with Crippen molar-refractivity contribution in [1.82, 2.24) is 4.90 Å². The number of aliphatic hydroxyl groups excluding tert-OH is 1. The highest BCUT2D eigenvalue weighted by atomic mass is 19.2. The molecule has 20 heavy (non-hydrogen) atoms. The summed E-state index contributed by atoms with van der Waals surface area (Å²) in [5.41, 5.74) is 0.253. The van der Waals surface area contributed by atoms with E-state index in [1.54, 1.807) is 0 Å². The number of likely N-dealkylation sites (tertiary alicyclic amines) is 1. The highest BCUT2D eigenvalue weighted by molar-refractivity contribution is 5.90. The Balaban J connectivity index is 1.76. The van der Waals surface area contributed by atoms with Gasteiger partial charge in [0.1, 0.15) is 0 Å². The maximum absolute atomic E-state index is 13.0. The molecule has 1 fully saturated rings. The summed E-state index contributed by atoms with van der Waals surface area (Å²) < 4.78 is 25.7. The summed E-state index contributed by atoms with van der Waals surface area (Å²) in [4.78, 5) is 13.8. The van der Waals surface area contributed by atoms with Crippen molar-refractivity contribution in [3.63, 3.8) is 0 Å². The lowest BCUT2D eigenvalue weighted by molar-refractivity contribution is -0.116.